The molecule has 0 amide bonds. The maximum Gasteiger partial charge on any atom is 0.144 e. The predicted molar refractivity (Wildman–Crippen MR) is 121 cm³/mol. The Kier molecular flexibility index (Phi) is 6.33. The molecule has 1 aliphatic heterocycles. The van der Waals surface area contributed by atoms with E-state index in [1.165, 1.54) is 6.92 Å². The van der Waals surface area contributed by atoms with Crippen molar-refractivity contribution in [2.45, 2.75) is 44.2 Å². The van der Waals surface area contributed by atoms with Crippen LogP contribution >= 0.6 is 0 Å². The molecule has 0 bridgehead atoms. The fraction of sp³-hybridized carbons (Fsp3) is 0.423. The molecule has 3 atom stereocenters. The van der Waals surface area contributed by atoms with Gasteiger partial charge in [-0.15, -0.1) is 0 Å². The summed E-state index contributed by atoms with van der Waals surface area (Å²) in [6.07, 6.45) is 4.94. The molecule has 0 N–H and O–H groups in total. The van der Waals surface area contributed by atoms with E-state index in [-0.39, 0.29) is 23.5 Å². The Hall–Kier alpha value is -2.79. The van der Waals surface area contributed by atoms with Crippen LogP contribution in [-0.2, 0) is 19.9 Å². The number of benzene rings is 2. The summed E-state index contributed by atoms with van der Waals surface area (Å²) >= 11 is 0. The van der Waals surface area contributed by atoms with Crippen LogP contribution in [0.5, 0.6) is 0 Å². The lowest BCUT2D eigenvalue weighted by Crippen LogP contribution is -2.48. The normalized spacial score (nSPS) is 24.3. The lowest BCUT2D eigenvalue weighted by Gasteiger charge is -2.42. The Labute approximate surface area is 184 Å². The zero-order valence-electron chi connectivity index (χ0n) is 18.2. The van der Waals surface area contributed by atoms with Crippen molar-refractivity contribution in [2.75, 3.05) is 13.7 Å². The van der Waals surface area contributed by atoms with Crippen LogP contribution < -0.4 is 0 Å². The van der Waals surface area contributed by atoms with E-state index in [0.717, 1.165) is 30.5 Å². The van der Waals surface area contributed by atoms with E-state index in [2.05, 4.69) is 29.3 Å². The number of hydrogen-bond acceptors (Lipinski definition) is 5. The Bertz CT molecular complexity index is 902. The lowest BCUT2D eigenvalue weighted by molar-refractivity contribution is -0.130. The summed E-state index contributed by atoms with van der Waals surface area (Å²) in [6, 6.07) is 20.6. The van der Waals surface area contributed by atoms with Gasteiger partial charge in [0.2, 0.25) is 0 Å². The average Bonchev–Trinajstić information content (AvgIpc) is 3.41. The monoisotopic (exact) mass is 418 g/mol. The van der Waals surface area contributed by atoms with Gasteiger partial charge in [-0.25, -0.2) is 0 Å². The Balaban J connectivity index is 1.70. The Morgan fingerprint density at radius 2 is 1.68 bits per heavy atom. The molecule has 2 aliphatic rings. The Morgan fingerprint density at radius 3 is 2.23 bits per heavy atom. The molecule has 0 aromatic heterocycles. The van der Waals surface area contributed by atoms with Crippen molar-refractivity contribution < 1.29 is 14.3 Å². The average molecular weight is 419 g/mol. The van der Waals surface area contributed by atoms with Crippen LogP contribution in [0.1, 0.15) is 43.7 Å². The minimum absolute atomic E-state index is 0.00596. The van der Waals surface area contributed by atoms with Gasteiger partial charge in [0.15, 0.2) is 0 Å². The highest BCUT2D eigenvalue weighted by Gasteiger charge is 2.47. The van der Waals surface area contributed by atoms with Crippen LogP contribution in [0.15, 0.2) is 65.8 Å². The van der Waals surface area contributed by atoms with Crippen LogP contribution in [0, 0.1) is 11.8 Å². The number of hydrazone groups is 1. The van der Waals surface area contributed by atoms with E-state index in [0.29, 0.717) is 12.8 Å². The quantitative estimate of drug-likeness (QED) is 0.499. The number of ketones is 2. The molecular weight excluding hydrogens is 388 g/mol. The van der Waals surface area contributed by atoms with E-state index < -0.39 is 11.5 Å². The molecule has 162 valence electrons. The number of carbonyl (C=O) groups is 2. The number of Topliss-reactive ketones (excluding diaryl/α,β-unsaturated/α-hetero) is 2. The van der Waals surface area contributed by atoms with Crippen LogP contribution in [0.2, 0.25) is 0 Å². The first-order valence-electron chi connectivity index (χ1n) is 11.1. The van der Waals surface area contributed by atoms with Crippen molar-refractivity contribution in [3.05, 3.63) is 71.8 Å². The second kappa shape index (κ2) is 9.15. The fourth-order valence-corrected chi connectivity index (χ4v) is 5.33. The molecule has 0 unspecified atom stereocenters. The van der Waals surface area contributed by atoms with Gasteiger partial charge in [-0.3, -0.25) is 14.6 Å². The summed E-state index contributed by atoms with van der Waals surface area (Å²) in [7, 11) is 1.77. The number of ether oxygens (including phenoxy) is 1. The largest absolute Gasteiger partial charge is 0.367 e. The summed E-state index contributed by atoms with van der Waals surface area (Å²) in [5.41, 5.74) is 1.52. The number of hydrogen-bond donors (Lipinski definition) is 0. The van der Waals surface area contributed by atoms with Gasteiger partial charge in [0.05, 0.1) is 12.0 Å². The minimum atomic E-state index is -0.665. The van der Waals surface area contributed by atoms with E-state index in [1.54, 1.807) is 7.11 Å². The predicted octanol–water partition coefficient (Wildman–Crippen LogP) is 4.21. The van der Waals surface area contributed by atoms with Crippen LogP contribution in [0.3, 0.4) is 0 Å². The molecular formula is C26H30N2O3. The molecule has 1 aliphatic carbocycles. The maximum atomic E-state index is 12.1. The summed E-state index contributed by atoms with van der Waals surface area (Å²) in [6.45, 7) is 2.32. The SMILES string of the molecule is COC(c1ccccc1)(c1ccccc1)[C@@H]1CCCN1/N=C/[C@@H]1CCC(=O)[C@H]1C(C)=O. The van der Waals surface area contributed by atoms with E-state index >= 15 is 0 Å². The standard InChI is InChI=1S/C26H30N2O3/c1-19(29)25-20(15-16-23(25)30)18-27-28-17-9-14-24(28)26(31-2,21-10-5-3-6-11-21)22-12-7-4-8-13-22/h3-8,10-13,18,20,24-25H,9,14-17H2,1-2H3/b27-18+/t20-,24-,25-/m0/s1. The van der Waals surface area contributed by atoms with Crippen molar-refractivity contribution >= 4 is 17.8 Å². The van der Waals surface area contributed by atoms with Gasteiger partial charge in [-0.05, 0) is 37.3 Å². The molecule has 5 nitrogen and oxygen atoms in total. The topological polar surface area (TPSA) is 59.0 Å². The second-order valence-corrected chi connectivity index (χ2v) is 8.51. The van der Waals surface area contributed by atoms with Gasteiger partial charge in [0.25, 0.3) is 0 Å². The number of methoxy groups -OCH3 is 1. The molecule has 1 saturated heterocycles. The second-order valence-electron chi connectivity index (χ2n) is 8.51. The molecule has 5 heteroatoms. The van der Waals surface area contributed by atoms with E-state index in [4.69, 9.17) is 9.84 Å². The molecule has 2 fully saturated rings. The fourth-order valence-electron chi connectivity index (χ4n) is 5.33. The zero-order chi connectivity index (χ0) is 21.8. The molecule has 2 aromatic carbocycles. The highest BCUT2D eigenvalue weighted by atomic mass is 16.5. The van der Waals surface area contributed by atoms with E-state index in [1.807, 2.05) is 42.6 Å². The lowest BCUT2D eigenvalue weighted by atomic mass is 9.79. The van der Waals surface area contributed by atoms with E-state index in [9.17, 15) is 9.59 Å². The first kappa shape index (κ1) is 21.4. The van der Waals surface area contributed by atoms with Crippen molar-refractivity contribution in [2.24, 2.45) is 16.9 Å². The van der Waals surface area contributed by atoms with Crippen molar-refractivity contribution in [3.63, 3.8) is 0 Å². The van der Waals surface area contributed by atoms with Crippen LogP contribution in [-0.4, -0.2) is 42.5 Å². The molecule has 1 saturated carbocycles. The third-order valence-corrected chi connectivity index (χ3v) is 6.76. The Morgan fingerprint density at radius 1 is 1.06 bits per heavy atom. The van der Waals surface area contributed by atoms with Crippen LogP contribution in [0.4, 0.5) is 0 Å². The molecule has 1 heterocycles. The van der Waals surface area contributed by atoms with Gasteiger partial charge >= 0.3 is 0 Å². The minimum Gasteiger partial charge on any atom is -0.367 e. The highest BCUT2D eigenvalue weighted by molar-refractivity contribution is 6.05. The molecule has 4 rings (SSSR count). The summed E-state index contributed by atoms with van der Waals surface area (Å²) in [5, 5.41) is 6.94. The first-order chi connectivity index (χ1) is 15.1. The van der Waals surface area contributed by atoms with Crippen molar-refractivity contribution in [3.8, 4) is 0 Å². The molecule has 0 radical (unpaired) electrons. The molecule has 2 aromatic rings. The number of rotatable bonds is 7. The smallest absolute Gasteiger partial charge is 0.144 e. The van der Waals surface area contributed by atoms with Gasteiger partial charge in [0.1, 0.15) is 17.2 Å². The maximum absolute atomic E-state index is 12.1. The third kappa shape index (κ3) is 3.94. The number of carbonyl (C=O) groups excluding carboxylic acids is 2. The number of nitrogens with zero attached hydrogens (tertiary/aromatic N) is 2. The van der Waals surface area contributed by atoms with Gasteiger partial charge < -0.3 is 4.74 Å². The highest BCUT2D eigenvalue weighted by Crippen LogP contribution is 2.43. The van der Waals surface area contributed by atoms with Crippen molar-refractivity contribution in [1.82, 2.24) is 5.01 Å². The molecule has 0 spiro atoms. The zero-order valence-corrected chi connectivity index (χ0v) is 18.2. The van der Waals surface area contributed by atoms with Crippen LogP contribution in [0.25, 0.3) is 0 Å². The first-order valence-corrected chi connectivity index (χ1v) is 11.1. The van der Waals surface area contributed by atoms with Gasteiger partial charge in [-0.2, -0.15) is 5.10 Å². The van der Waals surface area contributed by atoms with Crippen molar-refractivity contribution in [1.29, 1.82) is 0 Å². The summed E-state index contributed by atoms with van der Waals surface area (Å²) < 4.78 is 6.35. The molecule has 31 heavy (non-hydrogen) atoms. The third-order valence-electron chi connectivity index (χ3n) is 6.76. The van der Waals surface area contributed by atoms with Gasteiger partial charge in [0, 0.05) is 32.2 Å². The summed E-state index contributed by atoms with van der Waals surface area (Å²) in [5.74, 6) is -0.671. The van der Waals surface area contributed by atoms with Gasteiger partial charge in [-0.1, -0.05) is 60.7 Å². The summed E-state index contributed by atoms with van der Waals surface area (Å²) in [4.78, 5) is 24.1.